The molecule has 0 radical (unpaired) electrons. The summed E-state index contributed by atoms with van der Waals surface area (Å²) >= 11 is 5.17. The Morgan fingerprint density at radius 3 is 2.31 bits per heavy atom. The summed E-state index contributed by atoms with van der Waals surface area (Å²) in [7, 11) is 0. The zero-order valence-corrected chi connectivity index (χ0v) is 8.29. The minimum absolute atomic E-state index is 0.414. The second-order valence-corrected chi connectivity index (χ2v) is 3.14. The highest BCUT2D eigenvalue weighted by molar-refractivity contribution is 6.17. The zero-order chi connectivity index (χ0) is 12.5. The van der Waals surface area contributed by atoms with E-state index < -0.39 is 40.9 Å². The van der Waals surface area contributed by atoms with Crippen molar-refractivity contribution in [2.45, 2.75) is 18.5 Å². The van der Waals surface area contributed by atoms with Crippen LogP contribution in [0.15, 0.2) is 10.9 Å². The third-order valence-electron chi connectivity index (χ3n) is 1.81. The maximum absolute atomic E-state index is 12.4. The number of hydrogen-bond donors (Lipinski definition) is 1. The maximum atomic E-state index is 12.4. The fourth-order valence-electron chi connectivity index (χ4n) is 1.10. The molecule has 1 heterocycles. The van der Waals surface area contributed by atoms with Crippen LogP contribution in [-0.2, 0) is 12.1 Å². The van der Waals surface area contributed by atoms with Crippen molar-refractivity contribution in [1.29, 1.82) is 0 Å². The lowest BCUT2D eigenvalue weighted by atomic mass is 10.2. The van der Waals surface area contributed by atoms with Crippen LogP contribution >= 0.6 is 11.6 Å². The van der Waals surface area contributed by atoms with E-state index in [9.17, 15) is 26.7 Å². The first-order valence-electron chi connectivity index (χ1n) is 3.94. The van der Waals surface area contributed by atoms with Crippen LogP contribution in [0.2, 0.25) is 0 Å². The van der Waals surface area contributed by atoms with Gasteiger partial charge in [0.2, 0.25) is 0 Å². The number of aromatic nitrogens is 1. The van der Waals surface area contributed by atoms with Crippen LogP contribution in [0.4, 0.5) is 22.0 Å². The molecule has 0 unspecified atom stereocenters. The molecule has 0 bridgehead atoms. The van der Waals surface area contributed by atoms with Gasteiger partial charge in [0.15, 0.2) is 5.43 Å². The van der Waals surface area contributed by atoms with Crippen LogP contribution in [0.1, 0.15) is 23.4 Å². The van der Waals surface area contributed by atoms with Gasteiger partial charge in [-0.05, 0) is 0 Å². The molecular weight excluding hydrogens is 257 g/mol. The maximum Gasteiger partial charge on any atom is 0.431 e. The van der Waals surface area contributed by atoms with E-state index >= 15 is 0 Å². The lowest BCUT2D eigenvalue weighted by molar-refractivity contribution is -0.142. The molecule has 1 aromatic rings. The van der Waals surface area contributed by atoms with Gasteiger partial charge in [0.05, 0.1) is 11.6 Å². The third-order valence-corrected chi connectivity index (χ3v) is 2.07. The molecule has 2 nitrogen and oxygen atoms in total. The molecule has 16 heavy (non-hydrogen) atoms. The molecule has 0 saturated carbocycles. The summed E-state index contributed by atoms with van der Waals surface area (Å²) in [6, 6.07) is 0.414. The molecule has 0 aromatic carbocycles. The van der Waals surface area contributed by atoms with Gasteiger partial charge in [0.25, 0.3) is 6.43 Å². The monoisotopic (exact) mass is 261 g/mol. The molecular formula is C8H5ClF5NO. The molecule has 0 aliphatic carbocycles. The number of halogens is 6. The number of rotatable bonds is 2. The van der Waals surface area contributed by atoms with Crippen molar-refractivity contribution in [3.05, 3.63) is 33.2 Å². The van der Waals surface area contributed by atoms with Gasteiger partial charge in [-0.1, -0.05) is 0 Å². The van der Waals surface area contributed by atoms with E-state index in [0.717, 1.165) is 0 Å². The highest BCUT2D eigenvalue weighted by atomic mass is 35.5. The fourth-order valence-corrected chi connectivity index (χ4v) is 1.36. The number of alkyl halides is 6. The van der Waals surface area contributed by atoms with Crippen molar-refractivity contribution in [3.63, 3.8) is 0 Å². The van der Waals surface area contributed by atoms with Gasteiger partial charge >= 0.3 is 6.18 Å². The van der Waals surface area contributed by atoms with Crippen LogP contribution < -0.4 is 5.43 Å². The number of aromatic amines is 1. The number of pyridine rings is 1. The van der Waals surface area contributed by atoms with Crippen LogP contribution in [0, 0.1) is 0 Å². The van der Waals surface area contributed by atoms with Crippen molar-refractivity contribution in [3.8, 4) is 0 Å². The lowest BCUT2D eigenvalue weighted by Crippen LogP contribution is -2.21. The molecule has 0 saturated heterocycles. The number of hydrogen-bond acceptors (Lipinski definition) is 1. The molecule has 0 aliphatic heterocycles. The van der Waals surface area contributed by atoms with E-state index in [4.69, 9.17) is 11.6 Å². The van der Waals surface area contributed by atoms with Crippen LogP contribution in [-0.4, -0.2) is 4.98 Å². The summed E-state index contributed by atoms with van der Waals surface area (Å²) in [6.45, 7) is 0. The second kappa shape index (κ2) is 4.40. The highest BCUT2D eigenvalue weighted by Gasteiger charge is 2.36. The van der Waals surface area contributed by atoms with Gasteiger partial charge in [-0.2, -0.15) is 13.2 Å². The molecule has 0 amide bonds. The van der Waals surface area contributed by atoms with E-state index in [1.807, 2.05) is 0 Å². The normalized spacial score (nSPS) is 12.2. The van der Waals surface area contributed by atoms with Gasteiger partial charge in [0, 0.05) is 11.6 Å². The number of nitrogens with one attached hydrogen (secondary N) is 1. The largest absolute Gasteiger partial charge is 0.431 e. The standard InChI is InChI=1S/C8H5ClF5NO/c9-2-3-5(16)1-4(7(10)11)15-6(3)8(12,13)14/h1,7H,2H2,(H,15,16). The summed E-state index contributed by atoms with van der Waals surface area (Å²) < 4.78 is 61.5. The highest BCUT2D eigenvalue weighted by Crippen LogP contribution is 2.31. The summed E-state index contributed by atoms with van der Waals surface area (Å²) in [4.78, 5) is 12.6. The van der Waals surface area contributed by atoms with E-state index in [1.54, 1.807) is 0 Å². The van der Waals surface area contributed by atoms with Crippen molar-refractivity contribution < 1.29 is 22.0 Å². The SMILES string of the molecule is O=c1cc(C(F)F)[nH]c(C(F)(F)F)c1CCl. The van der Waals surface area contributed by atoms with Crippen LogP contribution in [0.3, 0.4) is 0 Å². The molecule has 1 N–H and O–H groups in total. The average Bonchev–Trinajstić information content (AvgIpc) is 2.14. The molecule has 1 rings (SSSR count). The van der Waals surface area contributed by atoms with E-state index in [2.05, 4.69) is 0 Å². The first kappa shape index (κ1) is 13.0. The van der Waals surface area contributed by atoms with Crippen LogP contribution in [0.25, 0.3) is 0 Å². The van der Waals surface area contributed by atoms with E-state index in [-0.39, 0.29) is 0 Å². The predicted octanol–water partition coefficient (Wildman–Crippen LogP) is 3.07. The Balaban J connectivity index is 3.50. The first-order chi connectivity index (χ1) is 7.27. The second-order valence-electron chi connectivity index (χ2n) is 2.87. The summed E-state index contributed by atoms with van der Waals surface area (Å²) in [5, 5.41) is 0. The Morgan fingerprint density at radius 2 is 1.94 bits per heavy atom. The Hall–Kier alpha value is -1.11. The molecule has 8 heteroatoms. The third kappa shape index (κ3) is 2.52. The van der Waals surface area contributed by atoms with Crippen molar-refractivity contribution in [2.24, 2.45) is 0 Å². The van der Waals surface area contributed by atoms with Gasteiger partial charge in [0.1, 0.15) is 5.69 Å². The van der Waals surface area contributed by atoms with Crippen LogP contribution in [0.5, 0.6) is 0 Å². The Kier molecular flexibility index (Phi) is 3.57. The van der Waals surface area contributed by atoms with Gasteiger partial charge < -0.3 is 4.98 Å². The topological polar surface area (TPSA) is 32.9 Å². The fraction of sp³-hybridized carbons (Fsp3) is 0.375. The molecule has 90 valence electrons. The quantitative estimate of drug-likeness (QED) is 0.644. The summed E-state index contributed by atoms with van der Waals surface area (Å²) in [5.41, 5.74) is -4.52. The zero-order valence-electron chi connectivity index (χ0n) is 7.54. The molecule has 1 aromatic heterocycles. The van der Waals surface area contributed by atoms with Crippen molar-refractivity contribution >= 4 is 11.6 Å². The summed E-state index contributed by atoms with van der Waals surface area (Å²) in [5.74, 6) is -0.701. The minimum Gasteiger partial charge on any atom is -0.350 e. The smallest absolute Gasteiger partial charge is 0.350 e. The Bertz CT molecular complexity index is 439. The van der Waals surface area contributed by atoms with Gasteiger partial charge in [-0.3, -0.25) is 4.79 Å². The first-order valence-corrected chi connectivity index (χ1v) is 4.48. The Morgan fingerprint density at radius 1 is 1.38 bits per heavy atom. The van der Waals surface area contributed by atoms with Crippen molar-refractivity contribution in [2.75, 3.05) is 0 Å². The van der Waals surface area contributed by atoms with Gasteiger partial charge in [-0.15, -0.1) is 11.6 Å². The van der Waals surface area contributed by atoms with Crippen molar-refractivity contribution in [1.82, 2.24) is 4.98 Å². The molecule has 0 aliphatic rings. The molecule has 0 fully saturated rings. The van der Waals surface area contributed by atoms with E-state index in [1.165, 1.54) is 4.98 Å². The average molecular weight is 262 g/mol. The number of H-pyrrole nitrogens is 1. The molecule has 0 spiro atoms. The Labute approximate surface area is 91.0 Å². The lowest BCUT2D eigenvalue weighted by Gasteiger charge is -2.12. The summed E-state index contributed by atoms with van der Waals surface area (Å²) in [6.07, 6.45) is -8.10. The predicted molar refractivity (Wildman–Crippen MR) is 46.6 cm³/mol. The minimum atomic E-state index is -4.92. The van der Waals surface area contributed by atoms with E-state index in [0.29, 0.717) is 6.07 Å². The van der Waals surface area contributed by atoms with Gasteiger partial charge in [-0.25, -0.2) is 8.78 Å². The molecule has 0 atom stereocenters.